The van der Waals surface area contributed by atoms with E-state index in [1.807, 2.05) is 12.1 Å². The van der Waals surface area contributed by atoms with Crippen molar-refractivity contribution in [3.63, 3.8) is 0 Å². The van der Waals surface area contributed by atoms with Crippen molar-refractivity contribution in [3.05, 3.63) is 34.9 Å². The lowest BCUT2D eigenvalue weighted by atomic mass is 9.76. The fourth-order valence-electron chi connectivity index (χ4n) is 2.96. The Morgan fingerprint density at radius 3 is 2.89 bits per heavy atom. The third-order valence-electron chi connectivity index (χ3n) is 4.20. The molecule has 1 amide bonds. The van der Waals surface area contributed by atoms with E-state index in [0.29, 0.717) is 24.4 Å². The van der Waals surface area contributed by atoms with Gasteiger partial charge in [-0.15, -0.1) is 0 Å². The fourth-order valence-corrected chi connectivity index (χ4v) is 3.16. The van der Waals surface area contributed by atoms with Crippen LogP contribution in [0.25, 0.3) is 0 Å². The summed E-state index contributed by atoms with van der Waals surface area (Å²) in [5.41, 5.74) is 1.35. The van der Waals surface area contributed by atoms with Crippen molar-refractivity contribution in [1.82, 2.24) is 10.6 Å². The van der Waals surface area contributed by atoms with Gasteiger partial charge in [0.25, 0.3) is 0 Å². The number of halogens is 1. The Balaban J connectivity index is 1.42. The molecule has 0 aromatic heterocycles. The number of hydrogen-bond acceptors (Lipinski definition) is 2. The van der Waals surface area contributed by atoms with E-state index in [2.05, 4.69) is 22.8 Å². The molecular formula is C15H19ClN2O. The summed E-state index contributed by atoms with van der Waals surface area (Å²) in [5.74, 6) is 0.826. The van der Waals surface area contributed by atoms with Gasteiger partial charge in [0.2, 0.25) is 5.91 Å². The van der Waals surface area contributed by atoms with Gasteiger partial charge in [-0.1, -0.05) is 23.7 Å². The quantitative estimate of drug-likeness (QED) is 0.888. The molecule has 1 saturated heterocycles. The highest BCUT2D eigenvalue weighted by Crippen LogP contribution is 2.37. The Morgan fingerprint density at radius 1 is 1.37 bits per heavy atom. The minimum Gasteiger partial charge on any atom is -0.352 e. The van der Waals surface area contributed by atoms with Crippen LogP contribution in [-0.4, -0.2) is 24.5 Å². The van der Waals surface area contributed by atoms with Crippen LogP contribution in [0.1, 0.15) is 37.2 Å². The van der Waals surface area contributed by atoms with Gasteiger partial charge in [0.05, 0.1) is 0 Å². The molecule has 1 unspecified atom stereocenters. The number of amides is 1. The Labute approximate surface area is 118 Å². The third kappa shape index (κ3) is 3.10. The van der Waals surface area contributed by atoms with Crippen LogP contribution in [0.15, 0.2) is 24.3 Å². The summed E-state index contributed by atoms with van der Waals surface area (Å²) in [4.78, 5) is 11.1. The minimum absolute atomic E-state index is 0.192. The van der Waals surface area contributed by atoms with Gasteiger partial charge in [0.15, 0.2) is 0 Å². The van der Waals surface area contributed by atoms with Crippen molar-refractivity contribution < 1.29 is 4.79 Å². The van der Waals surface area contributed by atoms with Gasteiger partial charge in [-0.3, -0.25) is 4.79 Å². The van der Waals surface area contributed by atoms with E-state index in [1.165, 1.54) is 18.4 Å². The Morgan fingerprint density at radius 2 is 2.21 bits per heavy atom. The standard InChI is InChI=1S/C15H19ClN2O/c16-12-3-1-2-10(6-12)11-7-14(8-11)17-9-13-4-5-15(19)18-13/h1-3,6,11,13-14,17H,4-5,7-9H2,(H,18,19). The van der Waals surface area contributed by atoms with Gasteiger partial charge in [0, 0.05) is 30.1 Å². The van der Waals surface area contributed by atoms with Gasteiger partial charge in [-0.2, -0.15) is 0 Å². The summed E-state index contributed by atoms with van der Waals surface area (Å²) in [6.45, 7) is 0.901. The first kappa shape index (κ1) is 12.9. The molecule has 1 aliphatic heterocycles. The number of nitrogens with one attached hydrogen (secondary N) is 2. The number of carbonyl (C=O) groups is 1. The van der Waals surface area contributed by atoms with Crippen LogP contribution in [0.2, 0.25) is 5.02 Å². The second-order valence-electron chi connectivity index (χ2n) is 5.63. The highest BCUT2D eigenvalue weighted by molar-refractivity contribution is 6.30. The molecule has 3 nitrogen and oxygen atoms in total. The second kappa shape index (κ2) is 5.51. The molecule has 0 bridgehead atoms. The van der Waals surface area contributed by atoms with Gasteiger partial charge in [0.1, 0.15) is 0 Å². The summed E-state index contributed by atoms with van der Waals surface area (Å²) in [6.07, 6.45) is 3.99. The van der Waals surface area contributed by atoms with Crippen LogP contribution in [0.3, 0.4) is 0 Å². The van der Waals surface area contributed by atoms with Crippen molar-refractivity contribution in [3.8, 4) is 0 Å². The first-order valence-electron chi connectivity index (χ1n) is 6.99. The van der Waals surface area contributed by atoms with Gasteiger partial charge in [-0.25, -0.2) is 0 Å². The maximum Gasteiger partial charge on any atom is 0.220 e. The van der Waals surface area contributed by atoms with E-state index in [-0.39, 0.29) is 5.91 Å². The molecule has 1 aliphatic carbocycles. The van der Waals surface area contributed by atoms with Crippen molar-refractivity contribution in [2.75, 3.05) is 6.54 Å². The van der Waals surface area contributed by atoms with Crippen molar-refractivity contribution in [2.45, 2.75) is 43.7 Å². The Hall–Kier alpha value is -1.06. The lowest BCUT2D eigenvalue weighted by molar-refractivity contribution is -0.119. The molecule has 2 N–H and O–H groups in total. The fraction of sp³-hybridized carbons (Fsp3) is 0.533. The summed E-state index contributed by atoms with van der Waals surface area (Å²) >= 11 is 6.01. The minimum atomic E-state index is 0.192. The molecule has 0 spiro atoms. The SMILES string of the molecule is O=C1CCC(CNC2CC(c3cccc(Cl)c3)C2)N1. The molecule has 2 fully saturated rings. The van der Waals surface area contributed by atoms with Gasteiger partial charge >= 0.3 is 0 Å². The van der Waals surface area contributed by atoms with Crippen LogP contribution in [0.5, 0.6) is 0 Å². The molecule has 1 saturated carbocycles. The first-order chi connectivity index (χ1) is 9.20. The molecular weight excluding hydrogens is 260 g/mol. The van der Waals surface area contributed by atoms with E-state index < -0.39 is 0 Å². The summed E-state index contributed by atoms with van der Waals surface area (Å²) in [6, 6.07) is 9.08. The van der Waals surface area contributed by atoms with Crippen LogP contribution >= 0.6 is 11.6 Å². The molecule has 1 heterocycles. The van der Waals surface area contributed by atoms with Crippen LogP contribution < -0.4 is 10.6 Å². The highest BCUT2D eigenvalue weighted by atomic mass is 35.5. The first-order valence-corrected chi connectivity index (χ1v) is 7.37. The molecule has 0 radical (unpaired) electrons. The lowest BCUT2D eigenvalue weighted by Crippen LogP contribution is -2.45. The molecule has 1 atom stereocenters. The summed E-state index contributed by atoms with van der Waals surface area (Å²) < 4.78 is 0. The zero-order chi connectivity index (χ0) is 13.2. The molecule has 19 heavy (non-hydrogen) atoms. The third-order valence-corrected chi connectivity index (χ3v) is 4.43. The predicted octanol–water partition coefficient (Wildman–Crippen LogP) is 2.45. The maximum absolute atomic E-state index is 11.1. The Bertz CT molecular complexity index is 471. The summed E-state index contributed by atoms with van der Waals surface area (Å²) in [7, 11) is 0. The predicted molar refractivity (Wildman–Crippen MR) is 76.4 cm³/mol. The van der Waals surface area contributed by atoms with Crippen LogP contribution in [-0.2, 0) is 4.79 Å². The Kier molecular flexibility index (Phi) is 3.76. The monoisotopic (exact) mass is 278 g/mol. The van der Waals surface area contributed by atoms with E-state index in [1.54, 1.807) is 0 Å². The van der Waals surface area contributed by atoms with Crippen LogP contribution in [0, 0.1) is 0 Å². The number of benzene rings is 1. The molecule has 1 aromatic carbocycles. The number of hydrogen-bond donors (Lipinski definition) is 2. The topological polar surface area (TPSA) is 41.1 Å². The van der Waals surface area contributed by atoms with Crippen molar-refractivity contribution >= 4 is 17.5 Å². The lowest BCUT2D eigenvalue weighted by Gasteiger charge is -2.37. The van der Waals surface area contributed by atoms with Gasteiger partial charge < -0.3 is 10.6 Å². The zero-order valence-corrected chi connectivity index (χ0v) is 11.6. The number of rotatable bonds is 4. The molecule has 4 heteroatoms. The molecule has 1 aromatic rings. The smallest absolute Gasteiger partial charge is 0.220 e. The molecule has 102 valence electrons. The molecule has 3 rings (SSSR count). The second-order valence-corrected chi connectivity index (χ2v) is 6.07. The van der Waals surface area contributed by atoms with Crippen LogP contribution in [0.4, 0.5) is 0 Å². The van der Waals surface area contributed by atoms with Gasteiger partial charge in [-0.05, 0) is 42.9 Å². The van der Waals surface area contributed by atoms with E-state index in [0.717, 1.165) is 18.0 Å². The highest BCUT2D eigenvalue weighted by Gasteiger charge is 2.31. The normalized spacial score (nSPS) is 29.9. The maximum atomic E-state index is 11.1. The average Bonchev–Trinajstić information content (AvgIpc) is 2.73. The number of carbonyl (C=O) groups excluding carboxylic acids is 1. The molecule has 2 aliphatic rings. The van der Waals surface area contributed by atoms with E-state index >= 15 is 0 Å². The average molecular weight is 279 g/mol. The van der Waals surface area contributed by atoms with E-state index in [4.69, 9.17) is 11.6 Å². The largest absolute Gasteiger partial charge is 0.352 e. The van der Waals surface area contributed by atoms with Crippen molar-refractivity contribution in [1.29, 1.82) is 0 Å². The van der Waals surface area contributed by atoms with Crippen molar-refractivity contribution in [2.24, 2.45) is 0 Å². The van der Waals surface area contributed by atoms with E-state index in [9.17, 15) is 4.79 Å². The zero-order valence-electron chi connectivity index (χ0n) is 10.9. The summed E-state index contributed by atoms with van der Waals surface area (Å²) in [5, 5.41) is 7.36.